The van der Waals surface area contributed by atoms with E-state index in [9.17, 15) is 9.50 Å². The highest BCUT2D eigenvalue weighted by atomic mass is 19.1. The summed E-state index contributed by atoms with van der Waals surface area (Å²) in [6.45, 7) is -0.310. The predicted molar refractivity (Wildman–Crippen MR) is 63.5 cm³/mol. The van der Waals surface area contributed by atoms with Gasteiger partial charge in [0.25, 0.3) is 0 Å². The number of aliphatic hydroxyl groups excluding tert-OH is 2. The summed E-state index contributed by atoms with van der Waals surface area (Å²) < 4.78 is 25.3. The minimum absolute atomic E-state index is 0.177. The fraction of sp³-hybridized carbons (Fsp3) is 0.545. The van der Waals surface area contributed by atoms with Crippen LogP contribution in [0, 0.1) is 6.08 Å². The number of ether oxygens (including phenoxy) is 2. The third-order valence-corrected chi connectivity index (χ3v) is 3.23. The number of rotatable bonds is 3. The van der Waals surface area contributed by atoms with Gasteiger partial charge < -0.3 is 19.7 Å². The van der Waals surface area contributed by atoms with E-state index in [2.05, 4.69) is 15.0 Å². The van der Waals surface area contributed by atoms with Gasteiger partial charge in [0, 0.05) is 6.42 Å². The van der Waals surface area contributed by atoms with Crippen LogP contribution in [0.25, 0.3) is 11.2 Å². The summed E-state index contributed by atoms with van der Waals surface area (Å²) in [5.74, 6) is 0. The third-order valence-electron chi connectivity index (χ3n) is 3.23. The van der Waals surface area contributed by atoms with E-state index in [1.54, 1.807) is 0 Å². The van der Waals surface area contributed by atoms with Crippen LogP contribution in [-0.2, 0) is 4.74 Å². The molecule has 0 unspecified atom stereocenters. The number of methoxy groups -OCH3 is 1. The molecule has 1 aliphatic rings. The number of fused-ring (bicyclic) bond motifs is 1. The maximum absolute atomic E-state index is 13.2. The van der Waals surface area contributed by atoms with Gasteiger partial charge in [-0.15, -0.1) is 0 Å². The monoisotopic (exact) mass is 284 g/mol. The molecule has 8 nitrogen and oxygen atoms in total. The van der Waals surface area contributed by atoms with Gasteiger partial charge in [0.05, 0.1) is 26.0 Å². The highest BCUT2D eigenvalue weighted by Crippen LogP contribution is 2.34. The molecule has 3 atom stereocenters. The molecule has 0 spiro atoms. The van der Waals surface area contributed by atoms with Gasteiger partial charge in [0.2, 0.25) is 0 Å². The summed E-state index contributed by atoms with van der Waals surface area (Å²) in [7, 11) is 1.41. The lowest BCUT2D eigenvalue weighted by atomic mass is 10.2. The van der Waals surface area contributed by atoms with Gasteiger partial charge in [-0.1, -0.05) is 0 Å². The molecule has 0 radical (unpaired) electrons. The Kier molecular flexibility index (Phi) is 3.24. The van der Waals surface area contributed by atoms with Crippen molar-refractivity contribution in [3.8, 4) is 6.01 Å². The Morgan fingerprint density at radius 3 is 3.00 bits per heavy atom. The molecule has 2 N–H and O–H groups in total. The third kappa shape index (κ3) is 1.99. The molecule has 1 aliphatic heterocycles. The number of halogens is 1. The van der Waals surface area contributed by atoms with E-state index in [0.29, 0.717) is 5.52 Å². The second kappa shape index (κ2) is 4.93. The maximum Gasteiger partial charge on any atom is 0.310 e. The summed E-state index contributed by atoms with van der Waals surface area (Å²) in [4.78, 5) is 11.2. The van der Waals surface area contributed by atoms with Crippen LogP contribution in [0.5, 0.6) is 6.01 Å². The van der Waals surface area contributed by atoms with Gasteiger partial charge in [-0.2, -0.15) is 14.4 Å². The first kappa shape index (κ1) is 13.2. The van der Waals surface area contributed by atoms with Gasteiger partial charge in [-0.05, 0) is 0 Å². The Bertz CT molecular complexity index is 634. The molecule has 0 aliphatic carbocycles. The zero-order chi connectivity index (χ0) is 14.3. The van der Waals surface area contributed by atoms with E-state index in [0.717, 1.165) is 0 Å². The number of nitrogens with zero attached hydrogens (tertiary/aromatic N) is 4. The van der Waals surface area contributed by atoms with Crippen molar-refractivity contribution in [1.29, 1.82) is 0 Å². The van der Waals surface area contributed by atoms with Gasteiger partial charge in [0.1, 0.15) is 17.8 Å². The first-order valence-electron chi connectivity index (χ1n) is 6.03. The molecule has 2 aromatic rings. The lowest BCUT2D eigenvalue weighted by Gasteiger charge is -2.15. The first-order valence-corrected chi connectivity index (χ1v) is 6.03. The summed E-state index contributed by atoms with van der Waals surface area (Å²) in [5, 5.41) is 18.9. The van der Waals surface area contributed by atoms with Crippen molar-refractivity contribution in [1.82, 2.24) is 19.5 Å². The standard InChI is InChI=1S/C11H13FN4O4/c1-19-11-14-5-3-13-10(12)15-9(5)16(11)8-2-6(18)7(4-17)20-8/h3,6-8,17-18H,2,4H2,1H3/t6-,7+,8-/m1/s1. The highest BCUT2D eigenvalue weighted by Gasteiger charge is 2.37. The van der Waals surface area contributed by atoms with Crippen LogP contribution in [0.2, 0.25) is 0 Å². The topological polar surface area (TPSA) is 103 Å². The van der Waals surface area contributed by atoms with Gasteiger partial charge in [-0.3, -0.25) is 4.57 Å². The Morgan fingerprint density at radius 2 is 2.35 bits per heavy atom. The number of aromatic nitrogens is 4. The van der Waals surface area contributed by atoms with Crippen LogP contribution in [-0.4, -0.2) is 55.7 Å². The molecule has 0 amide bonds. The molecular formula is C11H13FN4O4. The molecule has 0 aromatic carbocycles. The van der Waals surface area contributed by atoms with Crippen molar-refractivity contribution in [2.75, 3.05) is 13.7 Å². The zero-order valence-electron chi connectivity index (χ0n) is 10.6. The molecule has 108 valence electrons. The van der Waals surface area contributed by atoms with Crippen molar-refractivity contribution in [3.63, 3.8) is 0 Å². The fourth-order valence-electron chi connectivity index (χ4n) is 2.29. The molecule has 9 heteroatoms. The summed E-state index contributed by atoms with van der Waals surface area (Å²) in [6.07, 6.45) is -1.59. The Hall–Kier alpha value is -1.84. The smallest absolute Gasteiger partial charge is 0.310 e. The summed E-state index contributed by atoms with van der Waals surface area (Å²) >= 11 is 0. The van der Waals surface area contributed by atoms with Crippen LogP contribution in [0.1, 0.15) is 12.6 Å². The zero-order valence-corrected chi connectivity index (χ0v) is 10.6. The molecule has 0 bridgehead atoms. The fourth-order valence-corrected chi connectivity index (χ4v) is 2.29. The highest BCUT2D eigenvalue weighted by molar-refractivity contribution is 5.71. The second-order valence-electron chi connectivity index (χ2n) is 4.43. The van der Waals surface area contributed by atoms with Crippen molar-refractivity contribution < 1.29 is 24.1 Å². The normalized spacial score (nSPS) is 26.3. The summed E-state index contributed by atoms with van der Waals surface area (Å²) in [5.41, 5.74) is 0.568. The minimum atomic E-state index is -0.890. The van der Waals surface area contributed by atoms with E-state index in [-0.39, 0.29) is 24.7 Å². The number of aliphatic hydroxyl groups is 2. The average Bonchev–Trinajstić information content (AvgIpc) is 2.98. The van der Waals surface area contributed by atoms with Gasteiger partial charge in [-0.25, -0.2) is 4.98 Å². The molecule has 2 aromatic heterocycles. The Balaban J connectivity index is 2.08. The van der Waals surface area contributed by atoms with Crippen LogP contribution in [0.4, 0.5) is 4.39 Å². The van der Waals surface area contributed by atoms with Crippen molar-refractivity contribution in [3.05, 3.63) is 12.3 Å². The molecule has 1 fully saturated rings. The largest absolute Gasteiger partial charge is 0.468 e. The quantitative estimate of drug-likeness (QED) is 0.740. The van der Waals surface area contributed by atoms with Gasteiger partial charge in [0.15, 0.2) is 5.65 Å². The van der Waals surface area contributed by atoms with Crippen molar-refractivity contribution in [2.45, 2.75) is 24.9 Å². The number of hydrogen-bond donors (Lipinski definition) is 2. The van der Waals surface area contributed by atoms with Crippen LogP contribution >= 0.6 is 0 Å². The van der Waals surface area contributed by atoms with E-state index in [1.165, 1.54) is 17.9 Å². The molecule has 20 heavy (non-hydrogen) atoms. The van der Waals surface area contributed by atoms with E-state index in [1.807, 2.05) is 0 Å². The van der Waals surface area contributed by atoms with Crippen LogP contribution in [0.15, 0.2) is 6.20 Å². The molecule has 3 rings (SSSR count). The van der Waals surface area contributed by atoms with Crippen LogP contribution < -0.4 is 4.74 Å². The van der Waals surface area contributed by atoms with Gasteiger partial charge >= 0.3 is 12.1 Å². The Labute approximate surface area is 112 Å². The first-order chi connectivity index (χ1) is 9.63. The lowest BCUT2D eigenvalue weighted by Crippen LogP contribution is -2.24. The summed E-state index contributed by atoms with van der Waals surface area (Å²) in [6, 6.07) is 0.177. The maximum atomic E-state index is 13.2. The SMILES string of the molecule is COc1nc2cnc(F)nc2n1[C@H]1C[C@@H](O)[C@H](CO)O1. The van der Waals surface area contributed by atoms with E-state index < -0.39 is 24.5 Å². The molecular weight excluding hydrogens is 271 g/mol. The Morgan fingerprint density at radius 1 is 1.55 bits per heavy atom. The lowest BCUT2D eigenvalue weighted by molar-refractivity contribution is -0.0451. The predicted octanol–water partition coefficient (Wildman–Crippen LogP) is -0.385. The molecule has 0 saturated carbocycles. The average molecular weight is 284 g/mol. The van der Waals surface area contributed by atoms with E-state index in [4.69, 9.17) is 14.6 Å². The van der Waals surface area contributed by atoms with Crippen molar-refractivity contribution in [2.24, 2.45) is 0 Å². The molecule has 3 heterocycles. The van der Waals surface area contributed by atoms with Crippen molar-refractivity contribution >= 4 is 11.2 Å². The molecule has 1 saturated heterocycles. The van der Waals surface area contributed by atoms with Crippen LogP contribution in [0.3, 0.4) is 0 Å². The minimum Gasteiger partial charge on any atom is -0.468 e. The number of imidazole rings is 1. The number of hydrogen-bond acceptors (Lipinski definition) is 7. The second-order valence-corrected chi connectivity index (χ2v) is 4.43. The van der Waals surface area contributed by atoms with E-state index >= 15 is 0 Å².